The maximum absolute atomic E-state index is 13.5. The van der Waals surface area contributed by atoms with Crippen LogP contribution >= 0.6 is 0 Å². The first kappa shape index (κ1) is 55.6. The van der Waals surface area contributed by atoms with Gasteiger partial charge in [0.15, 0.2) is 0 Å². The summed E-state index contributed by atoms with van der Waals surface area (Å²) in [5, 5.41) is 62.8. The number of nitrogens with zero attached hydrogens (tertiary/aromatic N) is 8. The van der Waals surface area contributed by atoms with Gasteiger partial charge in [-0.3, -0.25) is 77.6 Å². The fourth-order valence-electron chi connectivity index (χ4n) is 7.57. The van der Waals surface area contributed by atoms with Crippen LogP contribution in [-0.2, 0) is 38.4 Å². The van der Waals surface area contributed by atoms with E-state index < -0.39 is 35.8 Å². The van der Waals surface area contributed by atoms with Crippen LogP contribution in [0.4, 0.5) is 0 Å². The second kappa shape index (κ2) is 30.6. The quantitative estimate of drug-likeness (QED) is 0.0459. The van der Waals surface area contributed by atoms with E-state index in [1.54, 1.807) is 29.4 Å². The Bertz CT molecular complexity index is 1450. The van der Waals surface area contributed by atoms with Crippen molar-refractivity contribution in [3.63, 3.8) is 0 Å². The van der Waals surface area contributed by atoms with E-state index in [2.05, 4.69) is 10.6 Å². The Balaban J connectivity index is 1.98. The largest absolute Gasteiger partial charge is 0.480 e. The summed E-state index contributed by atoms with van der Waals surface area (Å²) in [5.74, 6) is -6.66. The maximum Gasteiger partial charge on any atom is 0.317 e. The lowest BCUT2D eigenvalue weighted by molar-refractivity contribution is -0.140. The molecule has 64 heavy (non-hydrogen) atoms. The molecule has 8 N–H and O–H groups in total. The van der Waals surface area contributed by atoms with Crippen LogP contribution in [0, 0.1) is 5.92 Å². The molecular weight excluding hydrogens is 844 g/mol. The number of aliphatic carboxylic acids is 6. The molecule has 24 nitrogen and oxygen atoms in total. The molecule has 2 amide bonds. The molecule has 0 spiro atoms. The average molecular weight is 917 g/mol. The molecule has 0 bridgehead atoms. The van der Waals surface area contributed by atoms with Crippen molar-refractivity contribution in [3.8, 4) is 0 Å². The molecule has 0 aliphatic carbocycles. The number of unbranched alkanes of at least 4 members (excludes halogenated alkanes) is 1. The van der Waals surface area contributed by atoms with E-state index in [9.17, 15) is 69.0 Å². The lowest BCUT2D eigenvalue weighted by atomic mass is 9.98. The van der Waals surface area contributed by atoms with Gasteiger partial charge in [-0.1, -0.05) is 13.8 Å². The lowest BCUT2D eigenvalue weighted by Gasteiger charge is -2.33. The van der Waals surface area contributed by atoms with Crippen LogP contribution in [0.3, 0.4) is 0 Å². The standard InChI is InChI=1S/C40H72N10O14/c1-31(2)32(42-34(52)24-44-9-13-47(27-37(57)58)17-21-50(30-40(63)64)22-18-48(14-10-44)28-38(59)60)5-3-4-6-41-33(51)23-43-7-11-45(25-35(53)54)15-19-49(29-39(61)62)20-16-46(12-8-43)26-36(55)56/h31-32H,3-30H2,1-2H3,(H,41,51)(H,42,52)(H,53,54)(H,55,56)(H,57,58)(H,59,60)(H,61,62)(H,63,64). The fraction of sp³-hybridized carbons (Fsp3) is 0.800. The molecule has 0 aromatic rings. The minimum atomic E-state index is -1.04. The molecule has 2 rings (SSSR count). The molecule has 2 aliphatic heterocycles. The number of nitrogens with one attached hydrogen (secondary N) is 2. The second-order valence-corrected chi connectivity index (χ2v) is 16.8. The summed E-state index contributed by atoms with van der Waals surface area (Å²) in [6, 6.07) is -0.191. The van der Waals surface area contributed by atoms with Crippen molar-refractivity contribution in [3.05, 3.63) is 0 Å². The predicted molar refractivity (Wildman–Crippen MR) is 231 cm³/mol. The molecule has 1 unspecified atom stereocenters. The predicted octanol–water partition coefficient (Wildman–Crippen LogP) is -3.64. The fourth-order valence-corrected chi connectivity index (χ4v) is 7.57. The first-order chi connectivity index (χ1) is 30.3. The smallest absolute Gasteiger partial charge is 0.317 e. The highest BCUT2D eigenvalue weighted by molar-refractivity contribution is 5.78. The zero-order valence-corrected chi connectivity index (χ0v) is 37.5. The van der Waals surface area contributed by atoms with Gasteiger partial charge in [0.1, 0.15) is 0 Å². The van der Waals surface area contributed by atoms with Gasteiger partial charge in [-0.05, 0) is 25.2 Å². The van der Waals surface area contributed by atoms with Gasteiger partial charge >= 0.3 is 35.8 Å². The van der Waals surface area contributed by atoms with E-state index in [1.807, 2.05) is 23.6 Å². The highest BCUT2D eigenvalue weighted by Crippen LogP contribution is 2.11. The minimum Gasteiger partial charge on any atom is -0.480 e. The SMILES string of the molecule is CC(C)C(CCCCNC(=O)CN1CCN(CC(=O)O)CCN(CC(=O)O)CCN(CC(=O)O)CC1)NC(=O)CN1CCN(CC(=O)O)CCN(CC(=O)O)CCN(CC(=O)O)CC1. The van der Waals surface area contributed by atoms with Crippen LogP contribution in [0.5, 0.6) is 0 Å². The maximum atomic E-state index is 13.5. The van der Waals surface area contributed by atoms with E-state index >= 15 is 0 Å². The summed E-state index contributed by atoms with van der Waals surface area (Å²) in [5.41, 5.74) is 0. The summed E-state index contributed by atoms with van der Waals surface area (Å²) in [6.45, 7) is 7.33. The van der Waals surface area contributed by atoms with Crippen LogP contribution < -0.4 is 10.6 Å². The van der Waals surface area contributed by atoms with Crippen molar-refractivity contribution >= 4 is 47.6 Å². The van der Waals surface area contributed by atoms with Crippen LogP contribution in [0.25, 0.3) is 0 Å². The molecule has 1 atom stereocenters. The Kier molecular flexibility index (Phi) is 26.5. The Hall–Kier alpha value is -4.56. The molecule has 2 fully saturated rings. The molecule has 24 heteroatoms. The summed E-state index contributed by atoms with van der Waals surface area (Å²) in [7, 11) is 0. The molecule has 2 aliphatic rings. The third kappa shape index (κ3) is 26.3. The van der Waals surface area contributed by atoms with E-state index in [1.165, 1.54) is 0 Å². The number of carboxylic acid groups (broad SMARTS) is 6. The Morgan fingerprint density at radius 1 is 0.375 bits per heavy atom. The van der Waals surface area contributed by atoms with E-state index in [0.29, 0.717) is 65.1 Å². The van der Waals surface area contributed by atoms with Gasteiger partial charge in [-0.2, -0.15) is 0 Å². The lowest BCUT2D eigenvalue weighted by Crippen LogP contribution is -2.50. The number of carbonyl (C=O) groups excluding carboxylic acids is 2. The number of hydrogen-bond acceptors (Lipinski definition) is 16. The molecule has 0 aromatic carbocycles. The first-order valence-corrected chi connectivity index (χ1v) is 21.9. The third-order valence-corrected chi connectivity index (χ3v) is 11.2. The monoisotopic (exact) mass is 917 g/mol. The van der Waals surface area contributed by atoms with Crippen LogP contribution in [-0.4, -0.2) is 287 Å². The molecule has 0 radical (unpaired) electrons. The summed E-state index contributed by atoms with van der Waals surface area (Å²) in [4.78, 5) is 110. The number of hydrogen-bond donors (Lipinski definition) is 8. The number of rotatable bonds is 23. The first-order valence-electron chi connectivity index (χ1n) is 21.9. The van der Waals surface area contributed by atoms with Crippen molar-refractivity contribution in [2.24, 2.45) is 5.92 Å². The van der Waals surface area contributed by atoms with Gasteiger partial charge in [0.25, 0.3) is 0 Å². The van der Waals surface area contributed by atoms with Crippen molar-refractivity contribution in [2.75, 3.05) is 164 Å². The van der Waals surface area contributed by atoms with Crippen molar-refractivity contribution < 1.29 is 69.0 Å². The van der Waals surface area contributed by atoms with Gasteiger partial charge in [-0.15, -0.1) is 0 Å². The highest BCUT2D eigenvalue weighted by atomic mass is 16.4. The second-order valence-electron chi connectivity index (χ2n) is 16.8. The molecule has 2 saturated heterocycles. The summed E-state index contributed by atoms with van der Waals surface area (Å²) in [6.07, 6.45) is 1.92. The van der Waals surface area contributed by atoms with Crippen molar-refractivity contribution in [1.29, 1.82) is 0 Å². The molecule has 0 saturated carbocycles. The molecule has 366 valence electrons. The number of carboxylic acids is 6. The Morgan fingerprint density at radius 3 is 0.844 bits per heavy atom. The van der Waals surface area contributed by atoms with E-state index in [-0.39, 0.29) is 142 Å². The minimum absolute atomic E-state index is 0.000555. The number of carbonyl (C=O) groups is 8. The van der Waals surface area contributed by atoms with Crippen LogP contribution in [0.15, 0.2) is 0 Å². The Labute approximate surface area is 374 Å². The highest BCUT2D eigenvalue weighted by Gasteiger charge is 2.24. The molecule has 2 heterocycles. The zero-order chi connectivity index (χ0) is 47.6. The van der Waals surface area contributed by atoms with Gasteiger partial charge in [-0.25, -0.2) is 0 Å². The van der Waals surface area contributed by atoms with E-state index in [4.69, 9.17) is 0 Å². The molecular formula is C40H72N10O14. The summed E-state index contributed by atoms with van der Waals surface area (Å²) >= 11 is 0. The van der Waals surface area contributed by atoms with Gasteiger partial charge in [0.2, 0.25) is 11.8 Å². The normalized spacial score (nSPS) is 19.3. The average Bonchev–Trinajstić information content (AvgIpc) is 3.18. The summed E-state index contributed by atoms with van der Waals surface area (Å²) < 4.78 is 0. The van der Waals surface area contributed by atoms with Gasteiger partial charge in [0, 0.05) is 117 Å². The van der Waals surface area contributed by atoms with Crippen LogP contribution in [0.2, 0.25) is 0 Å². The third-order valence-electron chi connectivity index (χ3n) is 11.2. The van der Waals surface area contributed by atoms with E-state index in [0.717, 1.165) is 0 Å². The van der Waals surface area contributed by atoms with Gasteiger partial charge in [0.05, 0.1) is 52.4 Å². The van der Waals surface area contributed by atoms with Crippen LogP contribution in [0.1, 0.15) is 33.1 Å². The van der Waals surface area contributed by atoms with Gasteiger partial charge < -0.3 is 41.3 Å². The topological polar surface area (TPSA) is 308 Å². The molecule has 0 aromatic heterocycles. The zero-order valence-electron chi connectivity index (χ0n) is 37.5. The number of amides is 2. The van der Waals surface area contributed by atoms with Crippen molar-refractivity contribution in [2.45, 2.75) is 39.2 Å². The Morgan fingerprint density at radius 2 is 0.609 bits per heavy atom. The van der Waals surface area contributed by atoms with Crippen molar-refractivity contribution in [1.82, 2.24) is 49.8 Å².